The first-order valence-corrected chi connectivity index (χ1v) is 4.67. The number of rotatable bonds is 4. The van der Waals surface area contributed by atoms with Crippen LogP contribution in [0.4, 0.5) is 0 Å². The van der Waals surface area contributed by atoms with Gasteiger partial charge in [-0.05, 0) is 17.9 Å². The first-order valence-electron chi connectivity index (χ1n) is 4.67. The minimum atomic E-state index is 0. The van der Waals surface area contributed by atoms with Crippen LogP contribution >= 0.6 is 0 Å². The third kappa shape index (κ3) is 4.46. The molecular weight excluding hydrogens is 158 g/mol. The Bertz CT molecular complexity index is 254. The molecule has 69 valence electrons. The van der Waals surface area contributed by atoms with E-state index in [-0.39, 0.29) is 1.43 Å². The van der Waals surface area contributed by atoms with Crippen LogP contribution in [-0.2, 0) is 0 Å². The third-order valence-corrected chi connectivity index (χ3v) is 1.79. The Morgan fingerprint density at radius 2 is 2.15 bits per heavy atom. The van der Waals surface area contributed by atoms with E-state index < -0.39 is 0 Å². The normalized spacial score (nSPS) is 11.3. The van der Waals surface area contributed by atoms with E-state index in [1.165, 1.54) is 5.56 Å². The summed E-state index contributed by atoms with van der Waals surface area (Å²) in [5.41, 5.74) is 1.17. The van der Waals surface area contributed by atoms with Crippen molar-refractivity contribution in [1.29, 1.82) is 0 Å². The third-order valence-electron chi connectivity index (χ3n) is 1.79. The highest BCUT2D eigenvalue weighted by Crippen LogP contribution is 1.99. The van der Waals surface area contributed by atoms with Gasteiger partial charge < -0.3 is 0 Å². The lowest BCUT2D eigenvalue weighted by Crippen LogP contribution is -1.91. The Hall–Kier alpha value is -1.11. The number of hydrogen-bond donors (Lipinski definition) is 0. The highest BCUT2D eigenvalue weighted by Gasteiger charge is 1.90. The maximum absolute atomic E-state index is 4.32. The Labute approximate surface area is 82.0 Å². The Morgan fingerprint density at radius 3 is 2.77 bits per heavy atom. The summed E-state index contributed by atoms with van der Waals surface area (Å²) in [5.74, 6) is 0.493. The van der Waals surface area contributed by atoms with E-state index in [4.69, 9.17) is 0 Å². The molecular formula is C12H17N+. The van der Waals surface area contributed by atoms with Gasteiger partial charge in [-0.1, -0.05) is 44.2 Å². The molecule has 1 rings (SSSR count). The van der Waals surface area contributed by atoms with Gasteiger partial charge in [-0.15, -0.1) is 0 Å². The van der Waals surface area contributed by atoms with Crippen LogP contribution in [-0.4, -0.2) is 12.8 Å². The second-order valence-electron chi connectivity index (χ2n) is 3.34. The molecule has 0 spiro atoms. The van der Waals surface area contributed by atoms with Crippen molar-refractivity contribution >= 4 is 6.21 Å². The van der Waals surface area contributed by atoms with Crippen molar-refractivity contribution in [3.05, 3.63) is 42.8 Å². The lowest BCUT2D eigenvalue weighted by atomic mass is 10.1. The predicted molar refractivity (Wildman–Crippen MR) is 59.2 cm³/mol. The molecule has 1 atom stereocenters. The van der Waals surface area contributed by atoms with Crippen LogP contribution < -0.4 is 0 Å². The lowest BCUT2D eigenvalue weighted by molar-refractivity contribution is 0.656. The van der Waals surface area contributed by atoms with E-state index in [0.717, 1.165) is 13.0 Å². The van der Waals surface area contributed by atoms with Crippen LogP contribution in [0.15, 0.2) is 35.3 Å². The van der Waals surface area contributed by atoms with E-state index in [1.807, 2.05) is 24.4 Å². The highest BCUT2D eigenvalue weighted by atomic mass is 14.7. The molecule has 1 aromatic carbocycles. The summed E-state index contributed by atoms with van der Waals surface area (Å²) < 4.78 is 0. The van der Waals surface area contributed by atoms with Crippen LogP contribution in [0.3, 0.4) is 0 Å². The molecule has 0 saturated carbocycles. The fourth-order valence-corrected chi connectivity index (χ4v) is 1.00. The highest BCUT2D eigenvalue weighted by molar-refractivity contribution is 5.79. The van der Waals surface area contributed by atoms with Gasteiger partial charge in [0.2, 0.25) is 0 Å². The lowest BCUT2D eigenvalue weighted by Gasteiger charge is -1.98. The Morgan fingerprint density at radius 1 is 1.46 bits per heavy atom. The molecule has 0 aliphatic carbocycles. The van der Waals surface area contributed by atoms with Gasteiger partial charge in [-0.25, -0.2) is 0 Å². The standard InChI is InChI=1S/C12H16N/c1-11(2)8-9-13-10-12-6-4-3-5-7-12/h3-7,10-11H,1,8-9H2,2H3/p+1. The number of nitrogens with zero attached hydrogens (tertiary/aromatic N) is 1. The van der Waals surface area contributed by atoms with Crippen LogP contribution in [0.1, 0.15) is 20.3 Å². The second kappa shape index (κ2) is 5.52. The Balaban J connectivity index is 0.00000169. The zero-order chi connectivity index (χ0) is 9.52. The maximum atomic E-state index is 4.32. The molecule has 0 saturated heterocycles. The molecule has 0 aliphatic heterocycles. The number of aliphatic imine (C=N–C) groups is 1. The summed E-state index contributed by atoms with van der Waals surface area (Å²) in [7, 11) is 0. The summed E-state index contributed by atoms with van der Waals surface area (Å²) in [4.78, 5) is 4.32. The van der Waals surface area contributed by atoms with Crippen molar-refractivity contribution in [3.8, 4) is 0 Å². The van der Waals surface area contributed by atoms with Crippen LogP contribution in [0.25, 0.3) is 0 Å². The molecule has 0 N–H and O–H groups in total. The monoisotopic (exact) mass is 175 g/mol. The molecule has 1 aromatic rings. The van der Waals surface area contributed by atoms with Crippen molar-refractivity contribution in [2.45, 2.75) is 13.3 Å². The number of benzene rings is 1. The average molecular weight is 175 g/mol. The molecule has 0 aliphatic rings. The molecule has 0 heterocycles. The van der Waals surface area contributed by atoms with Gasteiger partial charge in [-0.3, -0.25) is 4.99 Å². The van der Waals surface area contributed by atoms with E-state index in [2.05, 4.69) is 31.0 Å². The minimum Gasteiger partial charge on any atom is -0.293 e. The van der Waals surface area contributed by atoms with Gasteiger partial charge in [0.25, 0.3) is 0 Å². The predicted octanol–water partition coefficient (Wildman–Crippen LogP) is 3.08. The summed E-state index contributed by atoms with van der Waals surface area (Å²) in [6, 6.07) is 10.2. The van der Waals surface area contributed by atoms with Gasteiger partial charge >= 0.3 is 1.43 Å². The molecule has 0 bridgehead atoms. The number of hydrogen-bond acceptors (Lipinski definition) is 1. The smallest absolute Gasteiger partial charge is 0.293 e. The quantitative estimate of drug-likeness (QED) is 0.624. The van der Waals surface area contributed by atoms with Crippen LogP contribution in [0.5, 0.6) is 0 Å². The van der Waals surface area contributed by atoms with Gasteiger partial charge in [0, 0.05) is 12.8 Å². The van der Waals surface area contributed by atoms with Crippen molar-refractivity contribution in [3.63, 3.8) is 0 Å². The molecule has 1 heteroatoms. The van der Waals surface area contributed by atoms with Crippen LogP contribution in [0.2, 0.25) is 0 Å². The van der Waals surface area contributed by atoms with Crippen molar-refractivity contribution in [2.24, 2.45) is 10.9 Å². The van der Waals surface area contributed by atoms with Gasteiger partial charge in [0.1, 0.15) is 0 Å². The topological polar surface area (TPSA) is 12.4 Å². The maximum Gasteiger partial charge on any atom is 1.00 e. The van der Waals surface area contributed by atoms with Gasteiger partial charge in [-0.2, -0.15) is 0 Å². The zero-order valence-corrected chi connectivity index (χ0v) is 8.11. The molecule has 0 aromatic heterocycles. The molecule has 0 amide bonds. The zero-order valence-electron chi connectivity index (χ0n) is 9.11. The molecule has 13 heavy (non-hydrogen) atoms. The van der Waals surface area contributed by atoms with E-state index in [0.29, 0.717) is 5.92 Å². The van der Waals surface area contributed by atoms with E-state index in [9.17, 15) is 0 Å². The first kappa shape index (κ1) is 9.97. The second-order valence-corrected chi connectivity index (χ2v) is 3.34. The van der Waals surface area contributed by atoms with E-state index in [1.54, 1.807) is 0 Å². The summed E-state index contributed by atoms with van der Waals surface area (Å²) in [6.07, 6.45) is 2.98. The minimum absolute atomic E-state index is 0. The first-order chi connectivity index (χ1) is 6.29. The summed E-state index contributed by atoms with van der Waals surface area (Å²) in [6.45, 7) is 6.89. The molecule has 1 radical (unpaired) electrons. The molecule has 1 nitrogen and oxygen atoms in total. The largest absolute Gasteiger partial charge is 1.00 e. The van der Waals surface area contributed by atoms with Gasteiger partial charge in [0.15, 0.2) is 0 Å². The van der Waals surface area contributed by atoms with Crippen molar-refractivity contribution < 1.29 is 1.43 Å². The van der Waals surface area contributed by atoms with Crippen molar-refractivity contribution in [1.82, 2.24) is 0 Å². The fraction of sp³-hybridized carbons (Fsp3) is 0.333. The van der Waals surface area contributed by atoms with Crippen LogP contribution in [0, 0.1) is 12.8 Å². The van der Waals surface area contributed by atoms with E-state index >= 15 is 0 Å². The average Bonchev–Trinajstić information content (AvgIpc) is 2.14. The fourth-order valence-electron chi connectivity index (χ4n) is 1.00. The summed E-state index contributed by atoms with van der Waals surface area (Å²) in [5, 5.41) is 0. The van der Waals surface area contributed by atoms with Crippen molar-refractivity contribution in [2.75, 3.05) is 6.54 Å². The SMILES string of the molecule is [CH2]C(C)CCN=Cc1ccccc1.[H+]. The molecule has 1 unspecified atom stereocenters. The summed E-state index contributed by atoms with van der Waals surface area (Å²) >= 11 is 0. The van der Waals surface area contributed by atoms with Gasteiger partial charge in [0.05, 0.1) is 0 Å². The Kier molecular flexibility index (Phi) is 4.24. The molecule has 0 fully saturated rings.